The number of hydrogen-bond donors (Lipinski definition) is 0. The van der Waals surface area contributed by atoms with Gasteiger partial charge in [0.05, 0.1) is 0 Å². The van der Waals surface area contributed by atoms with Crippen molar-refractivity contribution in [3.8, 4) is 0 Å². The van der Waals surface area contributed by atoms with Gasteiger partial charge in [0.25, 0.3) is 0 Å². The minimum Gasteiger partial charge on any atom is -0.102 e. The fourth-order valence-electron chi connectivity index (χ4n) is 1.63. The van der Waals surface area contributed by atoms with Crippen LogP contribution in [0.15, 0.2) is 30.9 Å². The Labute approximate surface area is 99.6 Å². The van der Waals surface area contributed by atoms with Gasteiger partial charge in [-0.3, -0.25) is 0 Å². The molecule has 14 heavy (non-hydrogen) atoms. The van der Waals surface area contributed by atoms with E-state index in [1.165, 1.54) is 33.5 Å². The first-order chi connectivity index (χ1) is 6.72. The summed E-state index contributed by atoms with van der Waals surface area (Å²) < 4.78 is 1.32. The van der Waals surface area contributed by atoms with Gasteiger partial charge in [0.1, 0.15) is 0 Å². The molecule has 0 aliphatic heterocycles. The van der Waals surface area contributed by atoms with E-state index in [-0.39, 0.29) is 0 Å². The summed E-state index contributed by atoms with van der Waals surface area (Å²) >= 11 is 2.39. The van der Waals surface area contributed by atoms with Crippen LogP contribution >= 0.6 is 22.6 Å². The molecular formula is C13H14I. The standard InChI is InChI=1S/C13H14I/c1-3-9(2)12-8-11(10-4-5-10)6-7-13(12)14/h3,6-8,10H,1,4-5H2,2H3. The molecule has 73 valence electrons. The molecule has 1 aliphatic rings. The first kappa shape index (κ1) is 10.2. The van der Waals surface area contributed by atoms with Crippen LogP contribution in [0, 0.1) is 9.49 Å². The maximum atomic E-state index is 3.83. The Hall–Kier alpha value is -0.310. The molecule has 1 saturated carbocycles. The molecule has 0 bridgehead atoms. The van der Waals surface area contributed by atoms with Crippen molar-refractivity contribution in [1.82, 2.24) is 0 Å². The molecule has 2 rings (SSSR count). The van der Waals surface area contributed by atoms with Crippen LogP contribution in [0.3, 0.4) is 0 Å². The van der Waals surface area contributed by atoms with Gasteiger partial charge in [0.15, 0.2) is 0 Å². The van der Waals surface area contributed by atoms with Gasteiger partial charge in [0, 0.05) is 9.49 Å². The van der Waals surface area contributed by atoms with Gasteiger partial charge < -0.3 is 0 Å². The van der Waals surface area contributed by atoms with E-state index in [1.54, 1.807) is 0 Å². The fourth-order valence-corrected chi connectivity index (χ4v) is 2.39. The summed E-state index contributed by atoms with van der Waals surface area (Å²) in [5, 5.41) is 0. The first-order valence-electron chi connectivity index (χ1n) is 4.98. The lowest BCUT2D eigenvalue weighted by Gasteiger charge is -2.10. The number of allylic oxidation sites excluding steroid dienone is 1. The zero-order chi connectivity index (χ0) is 10.1. The van der Waals surface area contributed by atoms with Crippen molar-refractivity contribution in [1.29, 1.82) is 0 Å². The van der Waals surface area contributed by atoms with Crippen molar-refractivity contribution < 1.29 is 0 Å². The zero-order valence-electron chi connectivity index (χ0n) is 8.39. The van der Waals surface area contributed by atoms with E-state index in [0.717, 1.165) is 5.92 Å². The summed E-state index contributed by atoms with van der Waals surface area (Å²) in [5.74, 6) is 2.11. The highest BCUT2D eigenvalue weighted by molar-refractivity contribution is 14.1. The lowest BCUT2D eigenvalue weighted by Crippen LogP contribution is -1.95. The van der Waals surface area contributed by atoms with Gasteiger partial charge in [-0.25, -0.2) is 0 Å². The Morgan fingerprint density at radius 2 is 2.21 bits per heavy atom. The van der Waals surface area contributed by atoms with Crippen LogP contribution in [0.5, 0.6) is 0 Å². The van der Waals surface area contributed by atoms with Gasteiger partial charge in [-0.05, 0) is 58.5 Å². The maximum Gasteiger partial charge on any atom is 0.0241 e. The molecule has 0 heterocycles. The average Bonchev–Trinajstić information content (AvgIpc) is 3.01. The molecule has 0 aromatic heterocycles. The van der Waals surface area contributed by atoms with E-state index in [1.807, 2.05) is 6.08 Å². The monoisotopic (exact) mass is 297 g/mol. The largest absolute Gasteiger partial charge is 0.102 e. The van der Waals surface area contributed by atoms with E-state index in [9.17, 15) is 0 Å². The summed E-state index contributed by atoms with van der Waals surface area (Å²) in [6.07, 6.45) is 4.68. The van der Waals surface area contributed by atoms with Gasteiger partial charge in [0.2, 0.25) is 0 Å². The molecule has 1 radical (unpaired) electrons. The SMILES string of the molecule is C=C[C](C)c1cc(C2CC2)ccc1I. The predicted octanol–water partition coefficient (Wildman–Crippen LogP) is 4.30. The third-order valence-electron chi connectivity index (χ3n) is 2.77. The van der Waals surface area contributed by atoms with Crippen molar-refractivity contribution in [3.05, 3.63) is 51.5 Å². The summed E-state index contributed by atoms with van der Waals surface area (Å²) in [6.45, 7) is 5.95. The summed E-state index contributed by atoms with van der Waals surface area (Å²) in [4.78, 5) is 0. The molecule has 0 saturated heterocycles. The highest BCUT2D eigenvalue weighted by atomic mass is 127. The lowest BCUT2D eigenvalue weighted by atomic mass is 9.98. The molecule has 0 atom stereocenters. The van der Waals surface area contributed by atoms with Gasteiger partial charge >= 0.3 is 0 Å². The smallest absolute Gasteiger partial charge is 0.0241 e. The van der Waals surface area contributed by atoms with Crippen LogP contribution in [0.4, 0.5) is 0 Å². The van der Waals surface area contributed by atoms with Crippen LogP contribution in [0.2, 0.25) is 0 Å². The Bertz CT molecular complexity index is 350. The Kier molecular flexibility index (Phi) is 2.96. The van der Waals surface area contributed by atoms with Gasteiger partial charge in [-0.2, -0.15) is 0 Å². The van der Waals surface area contributed by atoms with E-state index < -0.39 is 0 Å². The van der Waals surface area contributed by atoms with Crippen LogP contribution in [-0.2, 0) is 0 Å². The number of benzene rings is 1. The van der Waals surface area contributed by atoms with Crippen molar-refractivity contribution in [2.45, 2.75) is 25.7 Å². The zero-order valence-corrected chi connectivity index (χ0v) is 10.5. The van der Waals surface area contributed by atoms with E-state index in [2.05, 4.69) is 54.3 Å². The summed E-state index contributed by atoms with van der Waals surface area (Å²) in [7, 11) is 0. The third kappa shape index (κ3) is 2.02. The second-order valence-electron chi connectivity index (χ2n) is 3.90. The second kappa shape index (κ2) is 4.05. The second-order valence-corrected chi connectivity index (χ2v) is 5.06. The minimum atomic E-state index is 0.836. The number of rotatable bonds is 3. The molecule has 1 aromatic carbocycles. The Morgan fingerprint density at radius 1 is 1.50 bits per heavy atom. The van der Waals surface area contributed by atoms with Gasteiger partial charge in [-0.1, -0.05) is 25.1 Å². The van der Waals surface area contributed by atoms with Crippen molar-refractivity contribution in [2.24, 2.45) is 0 Å². The lowest BCUT2D eigenvalue weighted by molar-refractivity contribution is 1.11. The summed E-state index contributed by atoms with van der Waals surface area (Å²) in [5.41, 5.74) is 2.85. The first-order valence-corrected chi connectivity index (χ1v) is 6.06. The van der Waals surface area contributed by atoms with Crippen LogP contribution < -0.4 is 0 Å². The highest BCUT2D eigenvalue weighted by Gasteiger charge is 2.24. The molecular weight excluding hydrogens is 283 g/mol. The van der Waals surface area contributed by atoms with Crippen molar-refractivity contribution in [2.75, 3.05) is 0 Å². The molecule has 0 nitrogen and oxygen atoms in total. The molecule has 1 heteroatoms. The molecule has 1 fully saturated rings. The third-order valence-corrected chi connectivity index (χ3v) is 3.71. The average molecular weight is 297 g/mol. The molecule has 1 aromatic rings. The Balaban J connectivity index is 2.35. The van der Waals surface area contributed by atoms with Crippen LogP contribution in [0.25, 0.3) is 0 Å². The molecule has 1 aliphatic carbocycles. The quantitative estimate of drug-likeness (QED) is 0.730. The molecule has 0 amide bonds. The normalized spacial score (nSPS) is 15.9. The Morgan fingerprint density at radius 3 is 2.79 bits per heavy atom. The van der Waals surface area contributed by atoms with E-state index in [4.69, 9.17) is 0 Å². The predicted molar refractivity (Wildman–Crippen MR) is 69.4 cm³/mol. The minimum absolute atomic E-state index is 0.836. The molecule has 0 unspecified atom stereocenters. The van der Waals surface area contributed by atoms with Crippen LogP contribution in [-0.4, -0.2) is 0 Å². The topological polar surface area (TPSA) is 0 Å². The number of hydrogen-bond acceptors (Lipinski definition) is 0. The fraction of sp³-hybridized carbons (Fsp3) is 0.308. The maximum absolute atomic E-state index is 3.83. The van der Waals surface area contributed by atoms with Gasteiger partial charge in [-0.15, -0.1) is 6.58 Å². The molecule has 0 spiro atoms. The number of halogens is 1. The van der Waals surface area contributed by atoms with E-state index in [0.29, 0.717) is 0 Å². The summed E-state index contributed by atoms with van der Waals surface area (Å²) in [6, 6.07) is 6.81. The van der Waals surface area contributed by atoms with E-state index >= 15 is 0 Å². The highest BCUT2D eigenvalue weighted by Crippen LogP contribution is 2.41. The van der Waals surface area contributed by atoms with Crippen molar-refractivity contribution in [3.63, 3.8) is 0 Å². The van der Waals surface area contributed by atoms with Crippen LogP contribution in [0.1, 0.15) is 36.8 Å². The van der Waals surface area contributed by atoms with Crippen molar-refractivity contribution >= 4 is 22.6 Å². The molecule has 0 N–H and O–H groups in total.